The van der Waals surface area contributed by atoms with Crippen LogP contribution in [0.3, 0.4) is 0 Å². The molecule has 0 saturated carbocycles. The molecule has 0 spiro atoms. The molecule has 0 aromatic heterocycles. The Kier molecular flexibility index (Phi) is 3.20. The van der Waals surface area contributed by atoms with Crippen LogP contribution in [-0.4, -0.2) is 18.0 Å². The van der Waals surface area contributed by atoms with E-state index < -0.39 is 0 Å². The van der Waals surface area contributed by atoms with E-state index in [2.05, 4.69) is 42.3 Å². The van der Waals surface area contributed by atoms with E-state index in [1.165, 1.54) is 24.8 Å². The average molecular weight is 188 g/mol. The van der Waals surface area contributed by atoms with Crippen LogP contribution in [0.4, 0.5) is 0 Å². The standard InChI is InChI=1S/C13H18N/c1-14-9-7-13(8-10-14)11-12-5-3-2-4-6-12/h2-6,13H,1,7-11H2/q-1. The quantitative estimate of drug-likeness (QED) is 0.645. The molecule has 0 atom stereocenters. The van der Waals surface area contributed by atoms with E-state index in [-0.39, 0.29) is 0 Å². The maximum Gasteiger partial charge on any atom is -0.0249 e. The van der Waals surface area contributed by atoms with Gasteiger partial charge in [-0.3, -0.25) is 7.05 Å². The number of nitrogens with zero attached hydrogens (tertiary/aromatic N) is 1. The van der Waals surface area contributed by atoms with Crippen molar-refractivity contribution in [1.29, 1.82) is 0 Å². The molecule has 1 aromatic carbocycles. The maximum absolute atomic E-state index is 3.97. The van der Waals surface area contributed by atoms with E-state index in [1.54, 1.807) is 0 Å². The van der Waals surface area contributed by atoms with Gasteiger partial charge in [-0.25, -0.2) is 0 Å². The molecule has 0 radical (unpaired) electrons. The average Bonchev–Trinajstić information content (AvgIpc) is 2.23. The van der Waals surface area contributed by atoms with E-state index in [1.807, 2.05) is 0 Å². The summed E-state index contributed by atoms with van der Waals surface area (Å²) in [6.07, 6.45) is 3.85. The summed E-state index contributed by atoms with van der Waals surface area (Å²) in [5, 5.41) is 0. The Morgan fingerprint density at radius 3 is 2.43 bits per heavy atom. The first-order chi connectivity index (χ1) is 6.84. The van der Waals surface area contributed by atoms with Gasteiger partial charge in [-0.1, -0.05) is 30.3 Å². The second-order valence-electron chi connectivity index (χ2n) is 4.25. The highest BCUT2D eigenvalue weighted by atomic mass is 15.1. The second-order valence-corrected chi connectivity index (χ2v) is 4.25. The van der Waals surface area contributed by atoms with Gasteiger partial charge in [-0.2, -0.15) is 0 Å². The molecule has 76 valence electrons. The zero-order valence-electron chi connectivity index (χ0n) is 8.65. The Morgan fingerprint density at radius 2 is 1.79 bits per heavy atom. The zero-order valence-corrected chi connectivity index (χ0v) is 8.65. The number of hydrogen-bond donors (Lipinski definition) is 0. The monoisotopic (exact) mass is 188 g/mol. The van der Waals surface area contributed by atoms with Gasteiger partial charge in [0.2, 0.25) is 0 Å². The van der Waals surface area contributed by atoms with E-state index in [9.17, 15) is 0 Å². The first-order valence-corrected chi connectivity index (χ1v) is 5.44. The van der Waals surface area contributed by atoms with Crippen molar-refractivity contribution < 1.29 is 0 Å². The molecule has 0 amide bonds. The van der Waals surface area contributed by atoms with Crippen molar-refractivity contribution in [3.63, 3.8) is 0 Å². The number of rotatable bonds is 2. The molecule has 0 bridgehead atoms. The number of hydrogen-bond acceptors (Lipinski definition) is 1. The highest BCUT2D eigenvalue weighted by Gasteiger charge is 2.13. The highest BCUT2D eigenvalue weighted by molar-refractivity contribution is 5.15. The van der Waals surface area contributed by atoms with Crippen molar-refractivity contribution in [2.24, 2.45) is 5.92 Å². The van der Waals surface area contributed by atoms with Gasteiger partial charge in [0.25, 0.3) is 0 Å². The fourth-order valence-corrected chi connectivity index (χ4v) is 2.14. The summed E-state index contributed by atoms with van der Waals surface area (Å²) in [5.74, 6) is 0.871. The minimum atomic E-state index is 0.871. The lowest BCUT2D eigenvalue weighted by atomic mass is 9.90. The Hall–Kier alpha value is -0.820. The van der Waals surface area contributed by atoms with Gasteiger partial charge in [-0.15, -0.1) is 0 Å². The second kappa shape index (κ2) is 4.61. The third kappa shape index (κ3) is 2.58. The molecule has 1 saturated heterocycles. The molecule has 1 heterocycles. The topological polar surface area (TPSA) is 3.24 Å². The van der Waals surface area contributed by atoms with Crippen molar-refractivity contribution in [1.82, 2.24) is 4.90 Å². The molecular weight excluding hydrogens is 170 g/mol. The number of likely N-dealkylation sites (tertiary alicyclic amines) is 1. The van der Waals surface area contributed by atoms with Crippen LogP contribution < -0.4 is 0 Å². The number of benzene rings is 1. The van der Waals surface area contributed by atoms with Crippen molar-refractivity contribution in [3.8, 4) is 0 Å². The molecular formula is C13H18N-. The van der Waals surface area contributed by atoms with Crippen molar-refractivity contribution in [3.05, 3.63) is 42.9 Å². The van der Waals surface area contributed by atoms with Crippen LogP contribution in [0, 0.1) is 13.0 Å². The molecule has 0 unspecified atom stereocenters. The minimum Gasteiger partial charge on any atom is -0.459 e. The Bertz CT molecular complexity index is 260. The molecule has 0 N–H and O–H groups in total. The zero-order chi connectivity index (χ0) is 9.80. The SMILES string of the molecule is [CH2-]N1CCC(Cc2ccccc2)CC1. The largest absolute Gasteiger partial charge is 0.459 e. The van der Waals surface area contributed by atoms with Crippen molar-refractivity contribution in [2.45, 2.75) is 19.3 Å². The first kappa shape index (κ1) is 9.72. The van der Waals surface area contributed by atoms with Gasteiger partial charge in [0.1, 0.15) is 0 Å². The Morgan fingerprint density at radius 1 is 1.14 bits per heavy atom. The van der Waals surface area contributed by atoms with Gasteiger partial charge < -0.3 is 4.90 Å². The fourth-order valence-electron chi connectivity index (χ4n) is 2.14. The summed E-state index contributed by atoms with van der Waals surface area (Å²) in [6, 6.07) is 10.8. The molecule has 1 fully saturated rings. The van der Waals surface area contributed by atoms with Crippen molar-refractivity contribution in [2.75, 3.05) is 13.1 Å². The van der Waals surface area contributed by atoms with E-state index in [0.717, 1.165) is 19.0 Å². The molecule has 1 aliphatic rings. The third-order valence-electron chi connectivity index (χ3n) is 3.07. The smallest absolute Gasteiger partial charge is 0.0249 e. The summed E-state index contributed by atoms with van der Waals surface area (Å²) in [4.78, 5) is 2.18. The lowest BCUT2D eigenvalue weighted by molar-refractivity contribution is 0.239. The van der Waals surface area contributed by atoms with E-state index >= 15 is 0 Å². The molecule has 1 heteroatoms. The summed E-state index contributed by atoms with van der Waals surface area (Å²) in [5.41, 5.74) is 1.48. The summed E-state index contributed by atoms with van der Waals surface area (Å²) in [6.45, 7) is 2.33. The van der Waals surface area contributed by atoms with Gasteiger partial charge in [0.05, 0.1) is 0 Å². The molecule has 0 aliphatic carbocycles. The van der Waals surface area contributed by atoms with Gasteiger partial charge in [0, 0.05) is 0 Å². The van der Waals surface area contributed by atoms with Crippen LogP contribution in [0.2, 0.25) is 0 Å². The van der Waals surface area contributed by atoms with E-state index in [0.29, 0.717) is 0 Å². The molecule has 1 nitrogen and oxygen atoms in total. The van der Waals surface area contributed by atoms with Gasteiger partial charge in [-0.05, 0) is 43.8 Å². The molecule has 1 aromatic rings. The van der Waals surface area contributed by atoms with Crippen molar-refractivity contribution >= 4 is 0 Å². The van der Waals surface area contributed by atoms with Crippen LogP contribution >= 0.6 is 0 Å². The molecule has 14 heavy (non-hydrogen) atoms. The molecule has 2 rings (SSSR count). The molecule has 1 aliphatic heterocycles. The van der Waals surface area contributed by atoms with Gasteiger partial charge >= 0.3 is 0 Å². The fraction of sp³-hybridized carbons (Fsp3) is 0.462. The third-order valence-corrected chi connectivity index (χ3v) is 3.07. The normalized spacial score (nSPS) is 19.8. The summed E-state index contributed by atoms with van der Waals surface area (Å²) in [7, 11) is 3.97. The van der Waals surface area contributed by atoms with Gasteiger partial charge in [0.15, 0.2) is 0 Å². The Labute approximate surface area is 86.7 Å². The van der Waals surface area contributed by atoms with Crippen LogP contribution in [0.15, 0.2) is 30.3 Å². The van der Waals surface area contributed by atoms with E-state index in [4.69, 9.17) is 0 Å². The number of piperidine rings is 1. The van der Waals surface area contributed by atoms with Crippen LogP contribution in [0.1, 0.15) is 18.4 Å². The lowest BCUT2D eigenvalue weighted by Crippen LogP contribution is -2.29. The van der Waals surface area contributed by atoms with Crippen LogP contribution in [0.25, 0.3) is 0 Å². The lowest BCUT2D eigenvalue weighted by Gasteiger charge is -2.34. The minimum absolute atomic E-state index is 0.871. The van der Waals surface area contributed by atoms with Crippen LogP contribution in [0.5, 0.6) is 0 Å². The highest BCUT2D eigenvalue weighted by Crippen LogP contribution is 2.20. The first-order valence-electron chi connectivity index (χ1n) is 5.44. The van der Waals surface area contributed by atoms with Crippen LogP contribution in [-0.2, 0) is 6.42 Å². The predicted octanol–water partition coefficient (Wildman–Crippen LogP) is 2.73. The summed E-state index contributed by atoms with van der Waals surface area (Å²) < 4.78 is 0. The Balaban J connectivity index is 1.87. The predicted molar refractivity (Wildman–Crippen MR) is 59.8 cm³/mol. The maximum atomic E-state index is 3.97. The summed E-state index contributed by atoms with van der Waals surface area (Å²) >= 11 is 0.